The molecule has 1 aliphatic carbocycles. The van der Waals surface area contributed by atoms with Gasteiger partial charge in [0.2, 0.25) is 0 Å². The molecule has 5 heteroatoms. The molecule has 4 nitrogen and oxygen atoms in total. The van der Waals surface area contributed by atoms with Crippen LogP contribution in [-0.4, -0.2) is 23.5 Å². The Morgan fingerprint density at radius 1 is 1.47 bits per heavy atom. The Balaban J connectivity index is 1.83. The lowest BCUT2D eigenvalue weighted by atomic mass is 9.84. The van der Waals surface area contributed by atoms with Crippen molar-refractivity contribution in [1.82, 2.24) is 10.3 Å². The number of carbonyl (C=O) groups excluding carboxylic acids is 1. The Morgan fingerprint density at radius 3 is 2.84 bits per heavy atom. The maximum atomic E-state index is 12.1. The average molecular weight is 281 g/mol. The maximum absolute atomic E-state index is 12.1. The normalized spacial score (nSPS) is 23.3. The minimum absolute atomic E-state index is 0.0283. The van der Waals surface area contributed by atoms with E-state index in [2.05, 4.69) is 17.2 Å². The Labute approximate surface area is 118 Å². The van der Waals surface area contributed by atoms with Crippen LogP contribution in [0.3, 0.4) is 0 Å². The average Bonchev–Trinajstić information content (AvgIpc) is 2.89. The van der Waals surface area contributed by atoms with Gasteiger partial charge in [0.05, 0.1) is 5.01 Å². The first-order chi connectivity index (χ1) is 9.22. The van der Waals surface area contributed by atoms with E-state index in [0.717, 1.165) is 30.2 Å². The summed E-state index contributed by atoms with van der Waals surface area (Å²) in [5.41, 5.74) is 6.03. The summed E-state index contributed by atoms with van der Waals surface area (Å²) in [6.07, 6.45) is 6.68. The minimum Gasteiger partial charge on any atom is -0.348 e. The van der Waals surface area contributed by atoms with Crippen LogP contribution in [0.5, 0.6) is 0 Å². The van der Waals surface area contributed by atoms with E-state index < -0.39 is 0 Å². The first kappa shape index (κ1) is 14.5. The molecule has 106 valence electrons. The standard InChI is InChI=1S/C14H23N3OS/c1-2-10-3-5-11(6-4-10)16-14(18)12-9-19-13(17-12)7-8-15/h9-11H,2-8,15H2,1H3,(H,16,18). The summed E-state index contributed by atoms with van der Waals surface area (Å²) < 4.78 is 0. The third-order valence-electron chi connectivity index (χ3n) is 3.90. The second-order valence-electron chi connectivity index (χ2n) is 5.26. The van der Waals surface area contributed by atoms with E-state index in [0.29, 0.717) is 18.3 Å². The van der Waals surface area contributed by atoms with E-state index in [9.17, 15) is 4.79 Å². The van der Waals surface area contributed by atoms with Gasteiger partial charge in [-0.3, -0.25) is 4.79 Å². The Morgan fingerprint density at radius 2 is 2.21 bits per heavy atom. The highest BCUT2D eigenvalue weighted by molar-refractivity contribution is 7.09. The number of rotatable bonds is 5. The summed E-state index contributed by atoms with van der Waals surface area (Å²) in [6, 6.07) is 0.329. The smallest absolute Gasteiger partial charge is 0.270 e. The van der Waals surface area contributed by atoms with Gasteiger partial charge < -0.3 is 11.1 Å². The number of aromatic nitrogens is 1. The Kier molecular flexibility index (Phi) is 5.34. The van der Waals surface area contributed by atoms with Gasteiger partial charge in [-0.2, -0.15) is 0 Å². The molecule has 1 amide bonds. The zero-order chi connectivity index (χ0) is 13.7. The van der Waals surface area contributed by atoms with Crippen molar-refractivity contribution in [2.75, 3.05) is 6.54 Å². The molecule has 3 N–H and O–H groups in total. The molecule has 0 radical (unpaired) electrons. The van der Waals surface area contributed by atoms with E-state index in [1.54, 1.807) is 0 Å². The number of hydrogen-bond acceptors (Lipinski definition) is 4. The number of hydrogen-bond donors (Lipinski definition) is 2. The first-order valence-corrected chi connectivity index (χ1v) is 8.06. The SMILES string of the molecule is CCC1CCC(NC(=O)c2csc(CCN)n2)CC1. The fourth-order valence-corrected chi connectivity index (χ4v) is 3.42. The van der Waals surface area contributed by atoms with E-state index >= 15 is 0 Å². The topological polar surface area (TPSA) is 68.0 Å². The third kappa shape index (κ3) is 4.01. The first-order valence-electron chi connectivity index (χ1n) is 7.18. The largest absolute Gasteiger partial charge is 0.348 e. The van der Waals surface area contributed by atoms with E-state index in [-0.39, 0.29) is 5.91 Å². The van der Waals surface area contributed by atoms with Gasteiger partial charge in [0, 0.05) is 17.8 Å². The molecule has 1 aliphatic rings. The molecule has 0 bridgehead atoms. The van der Waals surface area contributed by atoms with Crippen LogP contribution < -0.4 is 11.1 Å². The Bertz CT molecular complexity index is 411. The summed E-state index contributed by atoms with van der Waals surface area (Å²) >= 11 is 1.52. The fraction of sp³-hybridized carbons (Fsp3) is 0.714. The Hall–Kier alpha value is -0.940. The molecule has 19 heavy (non-hydrogen) atoms. The predicted molar refractivity (Wildman–Crippen MR) is 78.4 cm³/mol. The van der Waals surface area contributed by atoms with Gasteiger partial charge in [0.1, 0.15) is 5.69 Å². The van der Waals surface area contributed by atoms with Crippen molar-refractivity contribution in [2.45, 2.75) is 51.5 Å². The molecule has 0 unspecified atom stereocenters. The quantitative estimate of drug-likeness (QED) is 0.870. The van der Waals surface area contributed by atoms with Crippen molar-refractivity contribution in [3.63, 3.8) is 0 Å². The van der Waals surface area contributed by atoms with Crippen molar-refractivity contribution in [2.24, 2.45) is 11.7 Å². The molecule has 2 rings (SSSR count). The molecule has 1 aromatic rings. The van der Waals surface area contributed by atoms with Crippen molar-refractivity contribution in [3.05, 3.63) is 16.1 Å². The number of carbonyl (C=O) groups is 1. The van der Waals surface area contributed by atoms with Gasteiger partial charge in [-0.15, -0.1) is 11.3 Å². The van der Waals surface area contributed by atoms with Crippen LogP contribution in [0.4, 0.5) is 0 Å². The second kappa shape index (κ2) is 7.01. The molecule has 0 atom stereocenters. The van der Waals surface area contributed by atoms with Crippen molar-refractivity contribution < 1.29 is 4.79 Å². The molecule has 1 fully saturated rings. The van der Waals surface area contributed by atoms with E-state index in [1.807, 2.05) is 5.38 Å². The van der Waals surface area contributed by atoms with E-state index in [1.165, 1.54) is 30.6 Å². The number of nitrogens with zero attached hydrogens (tertiary/aromatic N) is 1. The summed E-state index contributed by atoms with van der Waals surface area (Å²) in [6.45, 7) is 2.83. The van der Waals surface area contributed by atoms with Crippen LogP contribution in [0.2, 0.25) is 0 Å². The number of nitrogens with two attached hydrogens (primary N) is 1. The molecule has 0 spiro atoms. The van der Waals surface area contributed by atoms with Crippen LogP contribution in [0.25, 0.3) is 0 Å². The van der Waals surface area contributed by atoms with Crippen molar-refractivity contribution >= 4 is 17.2 Å². The van der Waals surface area contributed by atoms with Gasteiger partial charge in [-0.25, -0.2) is 4.98 Å². The highest BCUT2D eigenvalue weighted by Gasteiger charge is 2.22. The number of amides is 1. The van der Waals surface area contributed by atoms with Crippen LogP contribution >= 0.6 is 11.3 Å². The molecule has 0 aromatic carbocycles. The molecule has 1 aromatic heterocycles. The lowest BCUT2D eigenvalue weighted by Gasteiger charge is -2.28. The molecule has 1 heterocycles. The van der Waals surface area contributed by atoms with Gasteiger partial charge in [-0.1, -0.05) is 13.3 Å². The van der Waals surface area contributed by atoms with Gasteiger partial charge in [0.25, 0.3) is 5.91 Å². The van der Waals surface area contributed by atoms with Gasteiger partial charge in [0.15, 0.2) is 0 Å². The number of nitrogens with one attached hydrogen (secondary N) is 1. The monoisotopic (exact) mass is 281 g/mol. The summed E-state index contributed by atoms with van der Waals surface area (Å²) in [5.74, 6) is 0.822. The fourth-order valence-electron chi connectivity index (χ4n) is 2.63. The summed E-state index contributed by atoms with van der Waals surface area (Å²) in [5, 5.41) is 5.89. The van der Waals surface area contributed by atoms with Crippen LogP contribution in [0.1, 0.15) is 54.5 Å². The van der Waals surface area contributed by atoms with Crippen LogP contribution in [0, 0.1) is 5.92 Å². The van der Waals surface area contributed by atoms with Crippen molar-refractivity contribution in [1.29, 1.82) is 0 Å². The second-order valence-corrected chi connectivity index (χ2v) is 6.21. The maximum Gasteiger partial charge on any atom is 0.270 e. The van der Waals surface area contributed by atoms with Crippen LogP contribution in [0.15, 0.2) is 5.38 Å². The lowest BCUT2D eigenvalue weighted by molar-refractivity contribution is 0.0917. The van der Waals surface area contributed by atoms with Crippen LogP contribution in [-0.2, 0) is 6.42 Å². The zero-order valence-electron chi connectivity index (χ0n) is 11.5. The minimum atomic E-state index is -0.0283. The van der Waals surface area contributed by atoms with E-state index in [4.69, 9.17) is 5.73 Å². The van der Waals surface area contributed by atoms with Crippen molar-refractivity contribution in [3.8, 4) is 0 Å². The highest BCUT2D eigenvalue weighted by Crippen LogP contribution is 2.26. The summed E-state index contributed by atoms with van der Waals surface area (Å²) in [7, 11) is 0. The molecule has 0 aliphatic heterocycles. The molecule has 0 saturated heterocycles. The predicted octanol–water partition coefficient (Wildman–Crippen LogP) is 2.34. The third-order valence-corrected chi connectivity index (χ3v) is 4.81. The highest BCUT2D eigenvalue weighted by atomic mass is 32.1. The molecular weight excluding hydrogens is 258 g/mol. The van der Waals surface area contributed by atoms with Gasteiger partial charge >= 0.3 is 0 Å². The lowest BCUT2D eigenvalue weighted by Crippen LogP contribution is -2.37. The number of thiazole rings is 1. The molecule has 1 saturated carbocycles. The summed E-state index contributed by atoms with van der Waals surface area (Å²) in [4.78, 5) is 16.4. The molecular formula is C14H23N3OS. The van der Waals surface area contributed by atoms with Gasteiger partial charge in [-0.05, 0) is 38.1 Å². The zero-order valence-corrected chi connectivity index (χ0v) is 12.3.